The Bertz CT molecular complexity index is 600. The Kier molecular flexibility index (Phi) is 3.63. The Morgan fingerprint density at radius 3 is 2.50 bits per heavy atom. The van der Waals surface area contributed by atoms with Gasteiger partial charge in [0.1, 0.15) is 5.75 Å². The highest BCUT2D eigenvalue weighted by molar-refractivity contribution is 5.90. The van der Waals surface area contributed by atoms with Crippen LogP contribution in [0.2, 0.25) is 0 Å². The molecule has 0 heterocycles. The first-order valence-electron chi connectivity index (χ1n) is 5.57. The van der Waals surface area contributed by atoms with Crippen LogP contribution in [0.25, 0.3) is 16.8 Å². The summed E-state index contributed by atoms with van der Waals surface area (Å²) in [6, 6.07) is 11.8. The normalized spacial score (nSPS) is 10.8. The standard InChI is InChI=1S/C15H14O3/c1-17-14-7-6-12-9-11(3-5-13(12)10-14)4-8-15(16)18-2/h3-10H,1-2H3/b8-4+. The summed E-state index contributed by atoms with van der Waals surface area (Å²) >= 11 is 0. The number of rotatable bonds is 3. The van der Waals surface area contributed by atoms with Gasteiger partial charge in [-0.25, -0.2) is 4.79 Å². The maximum atomic E-state index is 11.0. The van der Waals surface area contributed by atoms with Gasteiger partial charge in [0, 0.05) is 6.08 Å². The second-order valence-electron chi connectivity index (χ2n) is 3.83. The Labute approximate surface area is 106 Å². The highest BCUT2D eigenvalue weighted by Crippen LogP contribution is 2.22. The monoisotopic (exact) mass is 242 g/mol. The number of ether oxygens (including phenoxy) is 2. The van der Waals surface area contributed by atoms with Gasteiger partial charge in [-0.15, -0.1) is 0 Å². The maximum Gasteiger partial charge on any atom is 0.330 e. The minimum absolute atomic E-state index is 0.357. The molecule has 0 aliphatic rings. The van der Waals surface area contributed by atoms with Gasteiger partial charge >= 0.3 is 5.97 Å². The quantitative estimate of drug-likeness (QED) is 0.613. The van der Waals surface area contributed by atoms with E-state index in [0.717, 1.165) is 22.1 Å². The molecule has 0 radical (unpaired) electrons. The van der Waals surface area contributed by atoms with E-state index in [1.54, 1.807) is 13.2 Å². The summed E-state index contributed by atoms with van der Waals surface area (Å²) in [6.45, 7) is 0. The maximum absolute atomic E-state index is 11.0. The smallest absolute Gasteiger partial charge is 0.330 e. The number of carbonyl (C=O) groups excluding carboxylic acids is 1. The van der Waals surface area contributed by atoms with Gasteiger partial charge in [-0.1, -0.05) is 18.2 Å². The van der Waals surface area contributed by atoms with Crippen molar-refractivity contribution in [2.75, 3.05) is 14.2 Å². The fraction of sp³-hybridized carbons (Fsp3) is 0.133. The van der Waals surface area contributed by atoms with Crippen LogP contribution < -0.4 is 4.74 Å². The fourth-order valence-electron chi connectivity index (χ4n) is 1.71. The van der Waals surface area contributed by atoms with E-state index in [0.29, 0.717) is 0 Å². The Balaban J connectivity index is 2.33. The van der Waals surface area contributed by atoms with Crippen molar-refractivity contribution in [2.24, 2.45) is 0 Å². The molecule has 0 saturated heterocycles. The van der Waals surface area contributed by atoms with Crippen LogP contribution in [0.1, 0.15) is 5.56 Å². The molecule has 0 bridgehead atoms. The SMILES string of the molecule is COC(=O)/C=C/c1ccc2cc(OC)ccc2c1. The number of hydrogen-bond acceptors (Lipinski definition) is 3. The number of carbonyl (C=O) groups is 1. The summed E-state index contributed by atoms with van der Waals surface area (Å²) in [6.07, 6.45) is 3.14. The van der Waals surface area contributed by atoms with Crippen molar-refractivity contribution in [3.63, 3.8) is 0 Å². The number of methoxy groups -OCH3 is 2. The van der Waals surface area contributed by atoms with E-state index in [1.807, 2.05) is 36.4 Å². The predicted molar refractivity (Wildman–Crippen MR) is 71.6 cm³/mol. The van der Waals surface area contributed by atoms with Crippen LogP contribution in [-0.2, 0) is 9.53 Å². The molecule has 2 rings (SSSR count). The van der Waals surface area contributed by atoms with Gasteiger partial charge in [-0.2, -0.15) is 0 Å². The van der Waals surface area contributed by atoms with Gasteiger partial charge in [0.2, 0.25) is 0 Å². The van der Waals surface area contributed by atoms with E-state index < -0.39 is 0 Å². The Morgan fingerprint density at radius 2 is 1.78 bits per heavy atom. The van der Waals surface area contributed by atoms with Crippen molar-refractivity contribution in [3.05, 3.63) is 48.0 Å². The second kappa shape index (κ2) is 5.36. The van der Waals surface area contributed by atoms with E-state index in [9.17, 15) is 4.79 Å². The van der Waals surface area contributed by atoms with E-state index in [-0.39, 0.29) is 5.97 Å². The molecule has 0 unspecified atom stereocenters. The molecule has 0 N–H and O–H groups in total. The molecule has 2 aromatic rings. The Morgan fingerprint density at radius 1 is 1.06 bits per heavy atom. The number of benzene rings is 2. The van der Waals surface area contributed by atoms with Crippen molar-refractivity contribution in [1.29, 1.82) is 0 Å². The lowest BCUT2D eigenvalue weighted by Crippen LogP contribution is -1.93. The van der Waals surface area contributed by atoms with Gasteiger partial charge < -0.3 is 9.47 Å². The third kappa shape index (κ3) is 2.69. The van der Waals surface area contributed by atoms with E-state index in [1.165, 1.54) is 13.2 Å². The van der Waals surface area contributed by atoms with E-state index >= 15 is 0 Å². The lowest BCUT2D eigenvalue weighted by molar-refractivity contribution is -0.134. The topological polar surface area (TPSA) is 35.5 Å². The van der Waals surface area contributed by atoms with Crippen LogP contribution in [0.15, 0.2) is 42.5 Å². The molecule has 0 amide bonds. The van der Waals surface area contributed by atoms with Crippen LogP contribution in [-0.4, -0.2) is 20.2 Å². The molecule has 18 heavy (non-hydrogen) atoms. The van der Waals surface area contributed by atoms with Crippen molar-refractivity contribution in [1.82, 2.24) is 0 Å². The number of fused-ring (bicyclic) bond motifs is 1. The number of esters is 1. The number of hydrogen-bond donors (Lipinski definition) is 0. The third-order valence-corrected chi connectivity index (χ3v) is 2.68. The van der Waals surface area contributed by atoms with Gasteiger partial charge in [0.25, 0.3) is 0 Å². The molecule has 3 heteroatoms. The minimum atomic E-state index is -0.357. The van der Waals surface area contributed by atoms with Crippen LogP contribution in [0.3, 0.4) is 0 Å². The van der Waals surface area contributed by atoms with Gasteiger partial charge in [0.05, 0.1) is 14.2 Å². The molecule has 3 nitrogen and oxygen atoms in total. The van der Waals surface area contributed by atoms with E-state index in [4.69, 9.17) is 4.74 Å². The summed E-state index contributed by atoms with van der Waals surface area (Å²) < 4.78 is 9.72. The molecule has 0 saturated carbocycles. The average Bonchev–Trinajstić information content (AvgIpc) is 2.43. The molecule has 0 aliphatic heterocycles. The fourth-order valence-corrected chi connectivity index (χ4v) is 1.71. The van der Waals surface area contributed by atoms with Crippen LogP contribution >= 0.6 is 0 Å². The Hall–Kier alpha value is -2.29. The first kappa shape index (κ1) is 12.2. The van der Waals surface area contributed by atoms with Gasteiger partial charge in [-0.05, 0) is 40.6 Å². The first-order chi connectivity index (χ1) is 8.72. The van der Waals surface area contributed by atoms with Gasteiger partial charge in [0.15, 0.2) is 0 Å². The largest absolute Gasteiger partial charge is 0.497 e. The van der Waals surface area contributed by atoms with Crippen molar-refractivity contribution >= 4 is 22.8 Å². The van der Waals surface area contributed by atoms with E-state index in [2.05, 4.69) is 4.74 Å². The van der Waals surface area contributed by atoms with Crippen molar-refractivity contribution in [2.45, 2.75) is 0 Å². The van der Waals surface area contributed by atoms with Crippen molar-refractivity contribution < 1.29 is 14.3 Å². The summed E-state index contributed by atoms with van der Waals surface area (Å²) in [7, 11) is 3.01. The highest BCUT2D eigenvalue weighted by Gasteiger charge is 1.98. The molecular formula is C15H14O3. The van der Waals surface area contributed by atoms with Crippen LogP contribution in [0, 0.1) is 0 Å². The molecule has 0 fully saturated rings. The molecule has 0 aromatic heterocycles. The highest BCUT2D eigenvalue weighted by atomic mass is 16.5. The summed E-state index contributed by atoms with van der Waals surface area (Å²) in [4.78, 5) is 11.0. The van der Waals surface area contributed by atoms with Gasteiger partial charge in [-0.3, -0.25) is 0 Å². The molecule has 92 valence electrons. The lowest BCUT2D eigenvalue weighted by atomic mass is 10.1. The zero-order valence-corrected chi connectivity index (χ0v) is 10.3. The van der Waals surface area contributed by atoms with Crippen LogP contribution in [0.5, 0.6) is 5.75 Å². The zero-order chi connectivity index (χ0) is 13.0. The minimum Gasteiger partial charge on any atom is -0.497 e. The average molecular weight is 242 g/mol. The third-order valence-electron chi connectivity index (χ3n) is 2.68. The summed E-state index contributed by atoms with van der Waals surface area (Å²) in [5, 5.41) is 2.20. The summed E-state index contributed by atoms with van der Waals surface area (Å²) in [5.41, 5.74) is 0.957. The molecule has 2 aromatic carbocycles. The molecule has 0 aliphatic carbocycles. The lowest BCUT2D eigenvalue weighted by Gasteiger charge is -2.03. The summed E-state index contributed by atoms with van der Waals surface area (Å²) in [5.74, 6) is 0.477. The predicted octanol–water partition coefficient (Wildman–Crippen LogP) is 3.03. The first-order valence-corrected chi connectivity index (χ1v) is 5.57. The van der Waals surface area contributed by atoms with Crippen LogP contribution in [0.4, 0.5) is 0 Å². The second-order valence-corrected chi connectivity index (χ2v) is 3.83. The molecule has 0 atom stereocenters. The van der Waals surface area contributed by atoms with Crippen molar-refractivity contribution in [3.8, 4) is 5.75 Å². The zero-order valence-electron chi connectivity index (χ0n) is 10.3. The molecular weight excluding hydrogens is 228 g/mol. The molecule has 0 spiro atoms.